The van der Waals surface area contributed by atoms with E-state index in [-0.39, 0.29) is 0 Å². The van der Waals surface area contributed by atoms with Gasteiger partial charge in [0.15, 0.2) is 5.13 Å². The van der Waals surface area contributed by atoms with Crippen molar-refractivity contribution in [1.82, 2.24) is 24.3 Å². The first kappa shape index (κ1) is 20.7. The van der Waals surface area contributed by atoms with Gasteiger partial charge in [0.05, 0.1) is 29.1 Å². The Hall–Kier alpha value is -3.21. The molecule has 11 heteroatoms. The van der Waals surface area contributed by atoms with Gasteiger partial charge in [-0.15, -0.1) is 11.3 Å². The van der Waals surface area contributed by atoms with Gasteiger partial charge in [0, 0.05) is 22.7 Å². The summed E-state index contributed by atoms with van der Waals surface area (Å²) in [6.45, 7) is 0.656. The zero-order valence-corrected chi connectivity index (χ0v) is 17.8. The molecule has 1 aromatic carbocycles. The number of hydrogen-bond acceptors (Lipinski definition) is 5. The topological polar surface area (TPSA) is 60.6 Å². The number of rotatable bonds is 5. The highest BCUT2D eigenvalue weighted by Crippen LogP contribution is 2.35. The van der Waals surface area contributed by atoms with E-state index in [9.17, 15) is 17.6 Å². The first-order valence-electron chi connectivity index (χ1n) is 9.95. The van der Waals surface area contributed by atoms with E-state index < -0.39 is 18.5 Å². The number of imidazole rings is 1. The average Bonchev–Trinajstić information content (AvgIpc) is 3.48. The van der Waals surface area contributed by atoms with Crippen molar-refractivity contribution in [3.63, 3.8) is 0 Å². The number of alkyl halides is 3. The van der Waals surface area contributed by atoms with Gasteiger partial charge in [-0.3, -0.25) is 0 Å². The van der Waals surface area contributed by atoms with E-state index in [1.807, 2.05) is 6.92 Å². The normalized spacial score (nSPS) is 13.5. The van der Waals surface area contributed by atoms with E-state index in [2.05, 4.69) is 20.4 Å². The summed E-state index contributed by atoms with van der Waals surface area (Å²) in [5.74, 6) is -0.101. The van der Waals surface area contributed by atoms with Crippen LogP contribution < -0.4 is 5.32 Å². The Bertz CT molecular complexity index is 1290. The predicted molar refractivity (Wildman–Crippen MR) is 113 cm³/mol. The highest BCUT2D eigenvalue weighted by atomic mass is 32.1. The third-order valence-corrected chi connectivity index (χ3v) is 6.02. The SMILES string of the molecule is Cc1cn(-c2ccc(-c3csc(Nc4c5c(nn4CC(F)(F)F)CCC5)n3)cc2F)cn1. The highest BCUT2D eigenvalue weighted by Gasteiger charge is 2.32. The second-order valence-electron chi connectivity index (χ2n) is 7.65. The highest BCUT2D eigenvalue weighted by molar-refractivity contribution is 7.14. The summed E-state index contributed by atoms with van der Waals surface area (Å²) in [5.41, 5.74) is 3.75. The van der Waals surface area contributed by atoms with E-state index in [0.717, 1.165) is 22.4 Å². The number of hydrogen-bond donors (Lipinski definition) is 1. The van der Waals surface area contributed by atoms with Crippen LogP contribution in [0.15, 0.2) is 36.1 Å². The van der Waals surface area contributed by atoms with Crippen LogP contribution in [0, 0.1) is 12.7 Å². The quantitative estimate of drug-likeness (QED) is 0.402. The van der Waals surface area contributed by atoms with Crippen LogP contribution in [0.4, 0.5) is 28.5 Å². The maximum absolute atomic E-state index is 14.7. The fourth-order valence-electron chi connectivity index (χ4n) is 3.86. The number of aromatic nitrogens is 5. The van der Waals surface area contributed by atoms with Crippen LogP contribution >= 0.6 is 11.3 Å². The lowest BCUT2D eigenvalue weighted by atomic mass is 10.1. The zero-order valence-electron chi connectivity index (χ0n) is 16.9. The molecule has 1 aliphatic carbocycles. The molecule has 0 unspecified atom stereocenters. The minimum Gasteiger partial charge on any atom is -0.316 e. The lowest BCUT2D eigenvalue weighted by Gasteiger charge is -2.12. The fourth-order valence-corrected chi connectivity index (χ4v) is 4.58. The molecule has 1 N–H and O–H groups in total. The third-order valence-electron chi connectivity index (χ3n) is 5.27. The Balaban J connectivity index is 1.41. The monoisotopic (exact) mass is 462 g/mol. The summed E-state index contributed by atoms with van der Waals surface area (Å²) < 4.78 is 56.3. The molecule has 0 fully saturated rings. The number of nitrogens with zero attached hydrogens (tertiary/aromatic N) is 5. The van der Waals surface area contributed by atoms with Crippen molar-refractivity contribution in [2.45, 2.75) is 38.9 Å². The van der Waals surface area contributed by atoms with Crippen molar-refractivity contribution in [2.75, 3.05) is 5.32 Å². The molecule has 0 atom stereocenters. The second-order valence-corrected chi connectivity index (χ2v) is 8.51. The van der Waals surface area contributed by atoms with E-state index in [1.165, 1.54) is 17.4 Å². The summed E-state index contributed by atoms with van der Waals surface area (Å²) in [4.78, 5) is 8.57. The largest absolute Gasteiger partial charge is 0.408 e. The van der Waals surface area contributed by atoms with Crippen molar-refractivity contribution in [1.29, 1.82) is 0 Å². The molecule has 0 spiro atoms. The third kappa shape index (κ3) is 3.99. The molecule has 5 rings (SSSR count). The summed E-state index contributed by atoms with van der Waals surface area (Å²) in [7, 11) is 0. The van der Waals surface area contributed by atoms with Crippen molar-refractivity contribution < 1.29 is 17.6 Å². The average molecular weight is 462 g/mol. The van der Waals surface area contributed by atoms with Crippen LogP contribution in [-0.2, 0) is 19.4 Å². The minimum atomic E-state index is -4.38. The van der Waals surface area contributed by atoms with Gasteiger partial charge < -0.3 is 9.88 Å². The van der Waals surface area contributed by atoms with Crippen molar-refractivity contribution in [3.8, 4) is 16.9 Å². The van der Waals surface area contributed by atoms with Gasteiger partial charge in [-0.1, -0.05) is 6.07 Å². The Morgan fingerprint density at radius 1 is 1.22 bits per heavy atom. The molecule has 0 bridgehead atoms. The number of thiazole rings is 1. The molecule has 166 valence electrons. The van der Waals surface area contributed by atoms with Crippen molar-refractivity contribution in [3.05, 3.63) is 58.9 Å². The number of anilines is 2. The second kappa shape index (κ2) is 7.73. The standard InChI is InChI=1S/C21H18F4N6S/c1-12-8-30(11-26-12)18-6-5-13(7-15(18)22)17-9-32-20(27-17)28-19-14-3-2-4-16(14)29-31(19)10-21(23,24)25/h5-9,11H,2-4,10H2,1H3,(H,27,28). The Morgan fingerprint density at radius 3 is 2.78 bits per heavy atom. The number of fused-ring (bicyclic) bond motifs is 1. The van der Waals surface area contributed by atoms with Gasteiger partial charge in [0.2, 0.25) is 0 Å². The molecule has 6 nitrogen and oxygen atoms in total. The van der Waals surface area contributed by atoms with Gasteiger partial charge in [-0.25, -0.2) is 19.0 Å². The molecule has 0 saturated carbocycles. The smallest absolute Gasteiger partial charge is 0.316 e. The Kier molecular flexibility index (Phi) is 5.00. The summed E-state index contributed by atoms with van der Waals surface area (Å²) in [6.07, 6.45) is 1.10. The summed E-state index contributed by atoms with van der Waals surface area (Å²) >= 11 is 1.24. The Morgan fingerprint density at radius 2 is 2.06 bits per heavy atom. The summed E-state index contributed by atoms with van der Waals surface area (Å²) in [5, 5.41) is 9.33. The van der Waals surface area contributed by atoms with E-state index >= 15 is 0 Å². The minimum absolute atomic E-state index is 0.327. The number of benzene rings is 1. The first-order valence-corrected chi connectivity index (χ1v) is 10.8. The maximum atomic E-state index is 14.7. The van der Waals surface area contributed by atoms with Crippen LogP contribution in [0.2, 0.25) is 0 Å². The van der Waals surface area contributed by atoms with Gasteiger partial charge >= 0.3 is 6.18 Å². The molecule has 1 aliphatic rings. The molecule has 0 saturated heterocycles. The summed E-state index contributed by atoms with van der Waals surface area (Å²) in [6, 6.07) is 4.77. The van der Waals surface area contributed by atoms with Crippen molar-refractivity contribution >= 4 is 22.3 Å². The molecule has 0 aliphatic heterocycles. The van der Waals surface area contributed by atoms with Crippen LogP contribution in [0.25, 0.3) is 16.9 Å². The molecule has 0 radical (unpaired) electrons. The molecule has 3 heterocycles. The van der Waals surface area contributed by atoms with Gasteiger partial charge in [0.1, 0.15) is 18.2 Å². The predicted octanol–water partition coefficient (Wildman–Crippen LogP) is 5.43. The number of halogens is 4. The van der Waals surface area contributed by atoms with Gasteiger partial charge in [-0.05, 0) is 38.3 Å². The number of aryl methyl sites for hydroxylation is 2. The molecular weight excluding hydrogens is 444 g/mol. The van der Waals surface area contributed by atoms with E-state index in [1.54, 1.807) is 34.6 Å². The van der Waals surface area contributed by atoms with Crippen LogP contribution in [0.5, 0.6) is 0 Å². The molecule has 3 aromatic heterocycles. The lowest BCUT2D eigenvalue weighted by Crippen LogP contribution is -2.20. The number of nitrogens with one attached hydrogen (secondary N) is 1. The maximum Gasteiger partial charge on any atom is 0.408 e. The van der Waals surface area contributed by atoms with Gasteiger partial charge in [0.25, 0.3) is 0 Å². The zero-order chi connectivity index (χ0) is 22.5. The van der Waals surface area contributed by atoms with Crippen LogP contribution in [0.3, 0.4) is 0 Å². The lowest BCUT2D eigenvalue weighted by molar-refractivity contribution is -0.142. The molecule has 0 amide bonds. The Labute approximate surface area is 184 Å². The van der Waals surface area contributed by atoms with Crippen molar-refractivity contribution in [2.24, 2.45) is 0 Å². The van der Waals surface area contributed by atoms with Crippen LogP contribution in [0.1, 0.15) is 23.4 Å². The molecule has 4 aromatic rings. The molecule has 32 heavy (non-hydrogen) atoms. The first-order chi connectivity index (χ1) is 15.3. The molecular formula is C21H18F4N6S. The van der Waals surface area contributed by atoms with Gasteiger partial charge in [-0.2, -0.15) is 18.3 Å². The fraction of sp³-hybridized carbons (Fsp3) is 0.286. The van der Waals surface area contributed by atoms with Crippen LogP contribution in [-0.4, -0.2) is 30.5 Å². The van der Waals surface area contributed by atoms with E-state index in [0.29, 0.717) is 46.4 Å². The van der Waals surface area contributed by atoms with E-state index in [4.69, 9.17) is 0 Å².